The van der Waals surface area contributed by atoms with E-state index in [2.05, 4.69) is 24.4 Å². The minimum atomic E-state index is 0.0177. The zero-order valence-corrected chi connectivity index (χ0v) is 13.7. The van der Waals surface area contributed by atoms with Gasteiger partial charge in [-0.2, -0.15) is 0 Å². The molecule has 2 heterocycles. The molecule has 2 aromatic rings. The fourth-order valence-electron chi connectivity index (χ4n) is 3.00. The van der Waals surface area contributed by atoms with Gasteiger partial charge in [0, 0.05) is 22.0 Å². The molecule has 3 rings (SSSR count). The molecule has 0 bridgehead atoms. The highest BCUT2D eigenvalue weighted by atomic mass is 32.1. The minimum absolute atomic E-state index is 0.0177. The van der Waals surface area contributed by atoms with Gasteiger partial charge in [-0.15, -0.1) is 11.3 Å². The summed E-state index contributed by atoms with van der Waals surface area (Å²) in [5.74, 6) is 0. The number of para-hydroxylation sites is 1. The monoisotopic (exact) mass is 314 g/mol. The van der Waals surface area contributed by atoms with Crippen molar-refractivity contribution in [2.45, 2.75) is 38.6 Å². The Morgan fingerprint density at radius 2 is 1.95 bits per heavy atom. The van der Waals surface area contributed by atoms with Crippen LogP contribution in [0.3, 0.4) is 0 Å². The second kappa shape index (κ2) is 6.97. The summed E-state index contributed by atoms with van der Waals surface area (Å²) < 4.78 is 0. The lowest BCUT2D eigenvalue weighted by atomic mass is 10.1. The molecule has 4 heteroatoms. The van der Waals surface area contributed by atoms with Crippen molar-refractivity contribution in [3.63, 3.8) is 0 Å². The van der Waals surface area contributed by atoms with Crippen molar-refractivity contribution in [3.05, 3.63) is 52.2 Å². The Balaban J connectivity index is 1.79. The predicted molar refractivity (Wildman–Crippen MR) is 92.4 cm³/mol. The van der Waals surface area contributed by atoms with Crippen LogP contribution in [0.15, 0.2) is 42.5 Å². The van der Waals surface area contributed by atoms with Crippen molar-refractivity contribution in [3.8, 4) is 0 Å². The van der Waals surface area contributed by atoms with Crippen LogP contribution in [0.5, 0.6) is 0 Å². The summed E-state index contributed by atoms with van der Waals surface area (Å²) in [6.07, 6.45) is 4.54. The number of hydrogen-bond donors (Lipinski definition) is 1. The van der Waals surface area contributed by atoms with Gasteiger partial charge in [0.05, 0.1) is 6.04 Å². The van der Waals surface area contributed by atoms with E-state index < -0.39 is 0 Å². The number of thiophene rings is 1. The SMILES string of the molecule is Cc1ccc(C2CCCCCN2C(=O)Nc2ccccc2)s1. The zero-order valence-electron chi connectivity index (χ0n) is 12.9. The van der Waals surface area contributed by atoms with Gasteiger partial charge in [0.1, 0.15) is 0 Å². The second-order valence-corrected chi connectivity index (χ2v) is 7.12. The molecule has 1 atom stereocenters. The number of hydrogen-bond acceptors (Lipinski definition) is 2. The number of nitrogens with one attached hydrogen (secondary N) is 1. The first-order valence-corrected chi connectivity index (χ1v) is 8.75. The maximum Gasteiger partial charge on any atom is 0.322 e. The van der Waals surface area contributed by atoms with Crippen LogP contribution < -0.4 is 5.32 Å². The Morgan fingerprint density at radius 3 is 2.68 bits per heavy atom. The smallest absolute Gasteiger partial charge is 0.317 e. The minimum Gasteiger partial charge on any atom is -0.317 e. The lowest BCUT2D eigenvalue weighted by Crippen LogP contribution is -2.37. The predicted octanol–water partition coefficient (Wildman–Crippen LogP) is 5.21. The number of likely N-dealkylation sites (tertiary alicyclic amines) is 1. The lowest BCUT2D eigenvalue weighted by molar-refractivity contribution is 0.190. The van der Waals surface area contributed by atoms with Crippen molar-refractivity contribution in [2.75, 3.05) is 11.9 Å². The molecule has 1 aromatic heterocycles. The second-order valence-electron chi connectivity index (χ2n) is 5.80. The Hall–Kier alpha value is -1.81. The summed E-state index contributed by atoms with van der Waals surface area (Å²) in [5, 5.41) is 3.04. The van der Waals surface area contributed by atoms with Crippen LogP contribution in [0.1, 0.15) is 41.5 Å². The topological polar surface area (TPSA) is 32.3 Å². The summed E-state index contributed by atoms with van der Waals surface area (Å²) in [7, 11) is 0. The standard InChI is InChI=1S/C18H22N2OS/c1-14-11-12-17(22-14)16-10-6-3-7-13-20(16)18(21)19-15-8-4-2-5-9-15/h2,4-5,8-9,11-12,16H,3,6-7,10,13H2,1H3,(H,19,21). The molecule has 0 spiro atoms. The summed E-state index contributed by atoms with van der Waals surface area (Å²) in [5.41, 5.74) is 0.859. The van der Waals surface area contributed by atoms with Crippen molar-refractivity contribution >= 4 is 23.1 Å². The summed E-state index contributed by atoms with van der Waals surface area (Å²) in [4.78, 5) is 17.4. The fraction of sp³-hybridized carbons (Fsp3) is 0.389. The third-order valence-electron chi connectivity index (χ3n) is 4.13. The van der Waals surface area contributed by atoms with E-state index in [-0.39, 0.29) is 12.1 Å². The number of carbonyl (C=O) groups is 1. The van der Waals surface area contributed by atoms with Crippen LogP contribution in [-0.2, 0) is 0 Å². The van der Waals surface area contributed by atoms with Crippen LogP contribution in [0.25, 0.3) is 0 Å². The molecule has 0 saturated carbocycles. The zero-order chi connectivity index (χ0) is 15.4. The molecule has 2 amide bonds. The highest BCUT2D eigenvalue weighted by Crippen LogP contribution is 2.34. The Morgan fingerprint density at radius 1 is 1.14 bits per heavy atom. The number of amides is 2. The van der Waals surface area contributed by atoms with Crippen molar-refractivity contribution in [2.24, 2.45) is 0 Å². The highest BCUT2D eigenvalue weighted by molar-refractivity contribution is 7.12. The van der Waals surface area contributed by atoms with E-state index in [0.717, 1.165) is 25.1 Å². The highest BCUT2D eigenvalue weighted by Gasteiger charge is 2.27. The third-order valence-corrected chi connectivity index (χ3v) is 5.23. The van der Waals surface area contributed by atoms with Crippen LogP contribution >= 0.6 is 11.3 Å². The first-order chi connectivity index (χ1) is 10.7. The molecule has 1 unspecified atom stereocenters. The Labute approximate surface area is 136 Å². The number of anilines is 1. The quantitative estimate of drug-likeness (QED) is 0.811. The number of nitrogens with zero attached hydrogens (tertiary/aromatic N) is 1. The number of benzene rings is 1. The molecule has 3 nitrogen and oxygen atoms in total. The van der Waals surface area contributed by atoms with Gasteiger partial charge in [-0.3, -0.25) is 0 Å². The molecule has 1 saturated heterocycles. The number of aryl methyl sites for hydroxylation is 1. The van der Waals surface area contributed by atoms with E-state index >= 15 is 0 Å². The van der Waals surface area contributed by atoms with Crippen LogP contribution in [0.4, 0.5) is 10.5 Å². The van der Waals surface area contributed by atoms with Gasteiger partial charge in [0.15, 0.2) is 0 Å². The molecule has 116 valence electrons. The number of urea groups is 1. The van der Waals surface area contributed by atoms with Crippen LogP contribution in [-0.4, -0.2) is 17.5 Å². The van der Waals surface area contributed by atoms with Gasteiger partial charge in [0.2, 0.25) is 0 Å². The molecular formula is C18H22N2OS. The third kappa shape index (κ3) is 3.50. The molecule has 22 heavy (non-hydrogen) atoms. The molecule has 1 fully saturated rings. The Kier molecular flexibility index (Phi) is 4.78. The molecule has 1 aliphatic heterocycles. The van der Waals surface area contributed by atoms with Gasteiger partial charge in [-0.1, -0.05) is 31.0 Å². The van der Waals surface area contributed by atoms with Gasteiger partial charge >= 0.3 is 6.03 Å². The Bertz CT molecular complexity index is 623. The van der Waals surface area contributed by atoms with Gasteiger partial charge in [0.25, 0.3) is 0 Å². The van der Waals surface area contributed by atoms with Gasteiger partial charge in [-0.25, -0.2) is 4.79 Å². The molecular weight excluding hydrogens is 292 g/mol. The average molecular weight is 314 g/mol. The summed E-state index contributed by atoms with van der Waals surface area (Å²) in [6, 6.07) is 14.3. The van der Waals surface area contributed by atoms with E-state index in [1.165, 1.54) is 22.6 Å². The van der Waals surface area contributed by atoms with Crippen molar-refractivity contribution in [1.29, 1.82) is 0 Å². The first-order valence-electron chi connectivity index (χ1n) is 7.93. The lowest BCUT2D eigenvalue weighted by Gasteiger charge is -2.29. The van der Waals surface area contributed by atoms with E-state index in [9.17, 15) is 4.79 Å². The molecule has 1 aromatic carbocycles. The van der Waals surface area contributed by atoms with Gasteiger partial charge < -0.3 is 10.2 Å². The van der Waals surface area contributed by atoms with Crippen LogP contribution in [0.2, 0.25) is 0 Å². The van der Waals surface area contributed by atoms with E-state index in [1.807, 2.05) is 46.6 Å². The number of carbonyl (C=O) groups excluding carboxylic acids is 1. The van der Waals surface area contributed by atoms with Gasteiger partial charge in [-0.05, 0) is 44.0 Å². The van der Waals surface area contributed by atoms with E-state index in [1.54, 1.807) is 0 Å². The van der Waals surface area contributed by atoms with Crippen molar-refractivity contribution < 1.29 is 4.79 Å². The van der Waals surface area contributed by atoms with E-state index in [4.69, 9.17) is 0 Å². The first kappa shape index (κ1) is 15.1. The summed E-state index contributed by atoms with van der Waals surface area (Å²) >= 11 is 1.81. The normalized spacial score (nSPS) is 18.8. The molecule has 0 radical (unpaired) electrons. The number of rotatable bonds is 2. The molecule has 1 N–H and O–H groups in total. The molecule has 0 aliphatic carbocycles. The van der Waals surface area contributed by atoms with Crippen LogP contribution in [0, 0.1) is 6.92 Å². The maximum atomic E-state index is 12.7. The largest absolute Gasteiger partial charge is 0.322 e. The average Bonchev–Trinajstić information content (AvgIpc) is 2.81. The maximum absolute atomic E-state index is 12.7. The molecule has 1 aliphatic rings. The van der Waals surface area contributed by atoms with E-state index in [0.29, 0.717) is 0 Å². The summed E-state index contributed by atoms with van der Waals surface area (Å²) in [6.45, 7) is 2.96. The fourth-order valence-corrected chi connectivity index (χ4v) is 4.02. The van der Waals surface area contributed by atoms with Crippen molar-refractivity contribution in [1.82, 2.24) is 4.90 Å².